The third-order valence-corrected chi connectivity index (χ3v) is 1.29. The second-order valence-corrected chi connectivity index (χ2v) is 2.86. The standard InChI is InChI=1S/C6H8O4.C5H7ClO2/c1-2-10-6(9)4-3-5(7)8;1-2-5(7)8-4-3-6/h3-4H,2H2,1H3,(H,7,8);2H,1,3-4H2. The maximum absolute atomic E-state index is 10.4. The number of carbonyl (C=O) groups excluding carboxylic acids is 2. The monoisotopic (exact) mass is 278 g/mol. The van der Waals surface area contributed by atoms with Crippen molar-refractivity contribution in [1.82, 2.24) is 0 Å². The number of hydrogen-bond donors (Lipinski definition) is 1. The summed E-state index contributed by atoms with van der Waals surface area (Å²) in [6, 6.07) is 0. The smallest absolute Gasteiger partial charge is 0.330 e. The Kier molecular flexibility index (Phi) is 13.6. The molecule has 0 aliphatic rings. The Bertz CT molecular complexity index is 311. The van der Waals surface area contributed by atoms with Crippen LogP contribution < -0.4 is 0 Å². The van der Waals surface area contributed by atoms with Crippen molar-refractivity contribution in [3.8, 4) is 0 Å². The van der Waals surface area contributed by atoms with Gasteiger partial charge in [-0.2, -0.15) is 0 Å². The summed E-state index contributed by atoms with van der Waals surface area (Å²) in [5, 5.41) is 8.04. The number of carboxylic acid groups (broad SMARTS) is 1. The van der Waals surface area contributed by atoms with Gasteiger partial charge >= 0.3 is 17.9 Å². The highest BCUT2D eigenvalue weighted by Gasteiger charge is 1.94. The van der Waals surface area contributed by atoms with Gasteiger partial charge in [0.1, 0.15) is 6.61 Å². The summed E-state index contributed by atoms with van der Waals surface area (Å²) in [5.41, 5.74) is 0. The third kappa shape index (κ3) is 16.6. The predicted octanol–water partition coefficient (Wildman–Crippen LogP) is 1.14. The molecule has 7 heteroatoms. The van der Waals surface area contributed by atoms with E-state index in [2.05, 4.69) is 16.1 Å². The van der Waals surface area contributed by atoms with E-state index in [1.165, 1.54) is 0 Å². The largest absolute Gasteiger partial charge is 0.478 e. The summed E-state index contributed by atoms with van der Waals surface area (Å²) < 4.78 is 8.85. The topological polar surface area (TPSA) is 89.9 Å². The van der Waals surface area contributed by atoms with Crippen LogP contribution in [0.25, 0.3) is 0 Å². The second-order valence-electron chi connectivity index (χ2n) is 2.48. The minimum Gasteiger partial charge on any atom is -0.478 e. The van der Waals surface area contributed by atoms with Crippen LogP contribution in [0.2, 0.25) is 0 Å². The molecule has 102 valence electrons. The molecule has 0 aliphatic heterocycles. The molecule has 0 radical (unpaired) electrons. The molecule has 0 fully saturated rings. The maximum Gasteiger partial charge on any atom is 0.330 e. The fraction of sp³-hybridized carbons (Fsp3) is 0.364. The zero-order chi connectivity index (χ0) is 14.4. The molecule has 6 nitrogen and oxygen atoms in total. The van der Waals surface area contributed by atoms with Gasteiger partial charge in [0.05, 0.1) is 12.5 Å². The lowest BCUT2D eigenvalue weighted by atomic mass is 10.5. The van der Waals surface area contributed by atoms with Crippen molar-refractivity contribution in [3.63, 3.8) is 0 Å². The average Bonchev–Trinajstić information content (AvgIpc) is 2.34. The molecule has 0 bridgehead atoms. The molecule has 0 saturated heterocycles. The van der Waals surface area contributed by atoms with Gasteiger partial charge in [-0.1, -0.05) is 6.58 Å². The number of alkyl halides is 1. The molecule has 1 N–H and O–H groups in total. The highest BCUT2D eigenvalue weighted by atomic mass is 35.5. The van der Waals surface area contributed by atoms with Gasteiger partial charge in [-0.25, -0.2) is 14.4 Å². The van der Waals surface area contributed by atoms with Crippen LogP contribution in [0.3, 0.4) is 0 Å². The summed E-state index contributed by atoms with van der Waals surface area (Å²) in [4.78, 5) is 30.4. The normalized spacial score (nSPS) is 9.00. The van der Waals surface area contributed by atoms with Gasteiger partial charge in [-0.05, 0) is 6.92 Å². The molecule has 0 aromatic heterocycles. The van der Waals surface area contributed by atoms with Crippen LogP contribution in [-0.4, -0.2) is 42.1 Å². The Morgan fingerprint density at radius 3 is 2.22 bits per heavy atom. The van der Waals surface area contributed by atoms with Gasteiger partial charge in [0, 0.05) is 18.2 Å². The Hall–Kier alpha value is -1.82. The van der Waals surface area contributed by atoms with Crippen LogP contribution in [0.5, 0.6) is 0 Å². The Labute approximate surface area is 110 Å². The van der Waals surface area contributed by atoms with Crippen molar-refractivity contribution in [3.05, 3.63) is 24.8 Å². The van der Waals surface area contributed by atoms with Crippen LogP contribution in [-0.2, 0) is 23.9 Å². The molecule has 0 aromatic carbocycles. The average molecular weight is 279 g/mol. The highest BCUT2D eigenvalue weighted by Crippen LogP contribution is 1.81. The molecule has 0 unspecified atom stereocenters. The van der Waals surface area contributed by atoms with Gasteiger partial charge in [-0.15, -0.1) is 11.6 Å². The van der Waals surface area contributed by atoms with Crippen LogP contribution in [0, 0.1) is 0 Å². The van der Waals surface area contributed by atoms with Crippen molar-refractivity contribution < 1.29 is 29.0 Å². The number of hydrogen-bond acceptors (Lipinski definition) is 5. The number of ether oxygens (including phenoxy) is 2. The predicted molar refractivity (Wildman–Crippen MR) is 65.3 cm³/mol. The van der Waals surface area contributed by atoms with E-state index in [9.17, 15) is 14.4 Å². The second kappa shape index (κ2) is 13.2. The van der Waals surface area contributed by atoms with E-state index in [0.717, 1.165) is 18.2 Å². The van der Waals surface area contributed by atoms with E-state index in [1.807, 2.05) is 0 Å². The third-order valence-electron chi connectivity index (χ3n) is 1.14. The number of halogens is 1. The van der Waals surface area contributed by atoms with Crippen molar-refractivity contribution >= 4 is 29.5 Å². The number of esters is 2. The minimum absolute atomic E-state index is 0.253. The molecule has 0 amide bonds. The van der Waals surface area contributed by atoms with Gasteiger partial charge in [0.25, 0.3) is 0 Å². The molecule has 0 atom stereocenters. The Morgan fingerprint density at radius 1 is 1.22 bits per heavy atom. The molecule has 18 heavy (non-hydrogen) atoms. The van der Waals surface area contributed by atoms with Crippen molar-refractivity contribution in [2.24, 2.45) is 0 Å². The van der Waals surface area contributed by atoms with Crippen LogP contribution in [0.15, 0.2) is 24.8 Å². The summed E-state index contributed by atoms with van der Waals surface area (Å²) in [7, 11) is 0. The number of rotatable bonds is 6. The first-order valence-electron chi connectivity index (χ1n) is 4.90. The minimum atomic E-state index is -1.16. The van der Waals surface area contributed by atoms with Crippen LogP contribution in [0.4, 0.5) is 0 Å². The first-order valence-corrected chi connectivity index (χ1v) is 5.44. The van der Waals surface area contributed by atoms with E-state index >= 15 is 0 Å². The van der Waals surface area contributed by atoms with E-state index in [1.54, 1.807) is 6.92 Å². The van der Waals surface area contributed by atoms with Crippen LogP contribution in [0.1, 0.15) is 6.92 Å². The van der Waals surface area contributed by atoms with Gasteiger partial charge < -0.3 is 14.6 Å². The Balaban J connectivity index is 0. The van der Waals surface area contributed by atoms with E-state index < -0.39 is 17.9 Å². The summed E-state index contributed by atoms with van der Waals surface area (Å²) in [5.74, 6) is -1.89. The fourth-order valence-corrected chi connectivity index (χ4v) is 0.605. The van der Waals surface area contributed by atoms with Gasteiger partial charge in [0.15, 0.2) is 0 Å². The number of aliphatic carboxylic acids is 1. The van der Waals surface area contributed by atoms with Crippen LogP contribution >= 0.6 is 11.6 Å². The van der Waals surface area contributed by atoms with Gasteiger partial charge in [0.2, 0.25) is 0 Å². The van der Waals surface area contributed by atoms with E-state index in [4.69, 9.17) is 16.7 Å². The molecular formula is C11H15ClO6. The van der Waals surface area contributed by atoms with Crippen molar-refractivity contribution in [2.75, 3.05) is 19.1 Å². The number of carboxylic acids is 1. The van der Waals surface area contributed by atoms with E-state index in [-0.39, 0.29) is 13.2 Å². The van der Waals surface area contributed by atoms with Gasteiger partial charge in [-0.3, -0.25) is 0 Å². The SMILES string of the molecule is C=CC(=O)OCCCl.CCOC(=O)C=CC(=O)O. The Morgan fingerprint density at radius 2 is 1.83 bits per heavy atom. The summed E-state index contributed by atoms with van der Waals surface area (Å²) in [6.45, 7) is 5.35. The first-order chi connectivity index (χ1) is 8.47. The quantitative estimate of drug-likeness (QED) is 0.445. The summed E-state index contributed by atoms with van der Waals surface area (Å²) >= 11 is 5.19. The molecule has 0 aliphatic carbocycles. The first kappa shape index (κ1) is 18.5. The molecule has 0 heterocycles. The molecule has 0 rings (SSSR count). The maximum atomic E-state index is 10.4. The zero-order valence-corrected chi connectivity index (χ0v) is 10.7. The lowest BCUT2D eigenvalue weighted by molar-refractivity contribution is -0.138. The molecule has 0 aromatic rings. The fourth-order valence-electron chi connectivity index (χ4n) is 0.528. The number of carbonyl (C=O) groups is 3. The highest BCUT2D eigenvalue weighted by molar-refractivity contribution is 6.18. The lowest BCUT2D eigenvalue weighted by Crippen LogP contribution is -2.01. The zero-order valence-electron chi connectivity index (χ0n) is 9.93. The van der Waals surface area contributed by atoms with Crippen molar-refractivity contribution in [1.29, 1.82) is 0 Å². The summed E-state index contributed by atoms with van der Waals surface area (Å²) in [6.07, 6.45) is 2.70. The molecule has 0 saturated carbocycles. The van der Waals surface area contributed by atoms with Crippen molar-refractivity contribution in [2.45, 2.75) is 6.92 Å². The molecular weight excluding hydrogens is 264 g/mol. The van der Waals surface area contributed by atoms with E-state index in [0.29, 0.717) is 5.88 Å². The molecule has 0 spiro atoms. The lowest BCUT2D eigenvalue weighted by Gasteiger charge is -1.93.